The van der Waals surface area contributed by atoms with Gasteiger partial charge >= 0.3 is 5.97 Å². The molecular weight excluding hydrogens is 294 g/mol. The fourth-order valence-corrected chi connectivity index (χ4v) is 2.78. The lowest BCUT2D eigenvalue weighted by atomic mass is 9.96. The van der Waals surface area contributed by atoms with Crippen molar-refractivity contribution in [3.8, 4) is 0 Å². The molecule has 1 aliphatic heterocycles. The predicted molar refractivity (Wildman–Crippen MR) is 81.6 cm³/mol. The average Bonchev–Trinajstić information content (AvgIpc) is 2.41. The molecule has 0 unspecified atom stereocenters. The minimum atomic E-state index is -0.833. The van der Waals surface area contributed by atoms with Gasteiger partial charge in [0.05, 0.1) is 23.4 Å². The molecule has 1 amide bonds. The average molecular weight is 312 g/mol. The Morgan fingerprint density at radius 1 is 1.48 bits per heavy atom. The lowest BCUT2D eigenvalue weighted by Gasteiger charge is -2.43. The number of ether oxygens (including phenoxy) is 1. The third-order valence-electron chi connectivity index (χ3n) is 3.61. The first-order valence-electron chi connectivity index (χ1n) is 6.52. The summed E-state index contributed by atoms with van der Waals surface area (Å²) in [6.45, 7) is 4.56. The largest absolute Gasteiger partial charge is 0.465 e. The van der Waals surface area contributed by atoms with E-state index >= 15 is 0 Å². The number of carbonyl (C=O) groups excluding carboxylic acids is 2. The maximum Gasteiger partial charge on any atom is 0.340 e. The van der Waals surface area contributed by atoms with Crippen molar-refractivity contribution in [2.45, 2.75) is 19.4 Å². The van der Waals surface area contributed by atoms with Gasteiger partial charge in [-0.2, -0.15) is 0 Å². The highest BCUT2D eigenvalue weighted by Crippen LogP contribution is 2.37. The molecule has 0 spiro atoms. The Kier molecular flexibility index (Phi) is 4.00. The second-order valence-corrected chi connectivity index (χ2v) is 5.76. The minimum Gasteiger partial charge on any atom is -0.465 e. The van der Waals surface area contributed by atoms with Gasteiger partial charge in [-0.25, -0.2) is 4.79 Å². The second-order valence-electron chi connectivity index (χ2n) is 5.36. The summed E-state index contributed by atoms with van der Waals surface area (Å²) in [5, 5.41) is 3.12. The molecule has 1 heterocycles. The molecule has 6 nitrogen and oxygen atoms in total. The quantitative estimate of drug-likeness (QED) is 0.637. The van der Waals surface area contributed by atoms with Crippen molar-refractivity contribution in [3.63, 3.8) is 0 Å². The lowest BCUT2D eigenvalue weighted by Crippen LogP contribution is -2.62. The number of esters is 1. The van der Waals surface area contributed by atoms with Gasteiger partial charge in [0, 0.05) is 18.8 Å². The number of nitrogens with zero attached hydrogens (tertiary/aromatic N) is 1. The molecule has 1 aliphatic rings. The summed E-state index contributed by atoms with van der Waals surface area (Å²) in [4.78, 5) is 25.9. The van der Waals surface area contributed by atoms with Crippen LogP contribution < -0.4 is 16.0 Å². The molecule has 21 heavy (non-hydrogen) atoms. The summed E-state index contributed by atoms with van der Waals surface area (Å²) >= 11 is 6.28. The van der Waals surface area contributed by atoms with E-state index in [-0.39, 0.29) is 11.5 Å². The number of hydrogen-bond donors (Lipinski definition) is 2. The Morgan fingerprint density at radius 3 is 2.76 bits per heavy atom. The highest BCUT2D eigenvalue weighted by Gasteiger charge is 2.40. The summed E-state index contributed by atoms with van der Waals surface area (Å²) < 4.78 is 4.79. The number of hydrogen-bond acceptors (Lipinski definition) is 5. The smallest absolute Gasteiger partial charge is 0.340 e. The van der Waals surface area contributed by atoms with E-state index in [1.165, 1.54) is 13.2 Å². The number of halogens is 1. The Labute approximate surface area is 128 Å². The normalized spacial score (nSPS) is 17.3. The van der Waals surface area contributed by atoms with Crippen LogP contribution in [0.2, 0.25) is 5.02 Å². The molecule has 7 heteroatoms. The van der Waals surface area contributed by atoms with Gasteiger partial charge < -0.3 is 20.7 Å². The van der Waals surface area contributed by atoms with Crippen molar-refractivity contribution in [3.05, 3.63) is 22.7 Å². The molecule has 2 rings (SSSR count). The molecule has 0 aliphatic carbocycles. The molecule has 1 fully saturated rings. The zero-order chi connectivity index (χ0) is 15.8. The lowest BCUT2D eigenvalue weighted by molar-refractivity contribution is -0.126. The van der Waals surface area contributed by atoms with E-state index < -0.39 is 11.5 Å². The SMILES string of the molecule is COC(=O)c1cc(N)cc(Cl)c1N1CCNC(=O)C1(C)C. The first-order valence-corrected chi connectivity index (χ1v) is 6.90. The summed E-state index contributed by atoms with van der Waals surface area (Å²) in [5.41, 5.74) is 6.01. The number of piperazine rings is 1. The van der Waals surface area contributed by atoms with Gasteiger partial charge in [0.15, 0.2) is 0 Å². The van der Waals surface area contributed by atoms with Gasteiger partial charge in [0.2, 0.25) is 5.91 Å². The number of nitrogen functional groups attached to an aromatic ring is 1. The molecular formula is C14H18ClN3O3. The molecule has 0 radical (unpaired) electrons. The number of anilines is 2. The zero-order valence-corrected chi connectivity index (χ0v) is 13.0. The van der Waals surface area contributed by atoms with Crippen molar-refractivity contribution < 1.29 is 14.3 Å². The minimum absolute atomic E-state index is 0.127. The van der Waals surface area contributed by atoms with Crippen LogP contribution in [0.5, 0.6) is 0 Å². The van der Waals surface area contributed by atoms with Crippen LogP contribution in [0, 0.1) is 0 Å². The first kappa shape index (κ1) is 15.4. The summed E-state index contributed by atoms with van der Waals surface area (Å²) in [5.74, 6) is -0.668. The summed E-state index contributed by atoms with van der Waals surface area (Å²) in [7, 11) is 1.29. The highest BCUT2D eigenvalue weighted by atomic mass is 35.5. The van der Waals surface area contributed by atoms with Gasteiger partial charge in [-0.15, -0.1) is 0 Å². The molecule has 1 aromatic carbocycles. The Hall–Kier alpha value is -1.95. The fraction of sp³-hybridized carbons (Fsp3) is 0.429. The van der Waals surface area contributed by atoms with E-state index in [1.54, 1.807) is 24.8 Å². The highest BCUT2D eigenvalue weighted by molar-refractivity contribution is 6.34. The van der Waals surface area contributed by atoms with Crippen LogP contribution in [-0.2, 0) is 9.53 Å². The number of carbonyl (C=O) groups is 2. The molecule has 114 valence electrons. The molecule has 1 saturated heterocycles. The van der Waals surface area contributed by atoms with Crippen LogP contribution in [0.25, 0.3) is 0 Å². The van der Waals surface area contributed by atoms with E-state index in [0.717, 1.165) is 0 Å². The van der Waals surface area contributed by atoms with Crippen molar-refractivity contribution in [1.82, 2.24) is 5.32 Å². The van der Waals surface area contributed by atoms with Crippen molar-refractivity contribution in [2.75, 3.05) is 30.8 Å². The van der Waals surface area contributed by atoms with Crippen LogP contribution in [-0.4, -0.2) is 37.6 Å². The van der Waals surface area contributed by atoms with Gasteiger partial charge in [0.25, 0.3) is 0 Å². The monoisotopic (exact) mass is 311 g/mol. The van der Waals surface area contributed by atoms with Crippen molar-refractivity contribution >= 4 is 34.9 Å². The number of methoxy groups -OCH3 is 1. The van der Waals surface area contributed by atoms with E-state index in [4.69, 9.17) is 22.1 Å². The molecule has 1 aromatic rings. The van der Waals surface area contributed by atoms with E-state index in [9.17, 15) is 9.59 Å². The number of benzene rings is 1. The number of nitrogens with one attached hydrogen (secondary N) is 1. The summed E-state index contributed by atoms with van der Waals surface area (Å²) in [6.07, 6.45) is 0. The Balaban J connectivity index is 2.62. The predicted octanol–water partition coefficient (Wildman–Crippen LogP) is 1.42. The maximum absolute atomic E-state index is 12.1. The van der Waals surface area contributed by atoms with Crippen LogP contribution in [0.1, 0.15) is 24.2 Å². The topological polar surface area (TPSA) is 84.7 Å². The van der Waals surface area contributed by atoms with Gasteiger partial charge in [-0.1, -0.05) is 11.6 Å². The molecule has 0 saturated carbocycles. The Bertz CT molecular complexity index is 601. The molecule has 0 aromatic heterocycles. The van der Waals surface area contributed by atoms with Gasteiger partial charge in [-0.3, -0.25) is 4.79 Å². The zero-order valence-electron chi connectivity index (χ0n) is 12.2. The Morgan fingerprint density at radius 2 is 2.14 bits per heavy atom. The molecule has 0 bridgehead atoms. The third-order valence-corrected chi connectivity index (χ3v) is 3.90. The van der Waals surface area contributed by atoms with Crippen molar-refractivity contribution in [2.24, 2.45) is 0 Å². The fourth-order valence-electron chi connectivity index (χ4n) is 2.45. The van der Waals surface area contributed by atoms with E-state index in [0.29, 0.717) is 29.5 Å². The number of nitrogens with two attached hydrogens (primary N) is 1. The van der Waals surface area contributed by atoms with Crippen LogP contribution >= 0.6 is 11.6 Å². The van der Waals surface area contributed by atoms with Crippen molar-refractivity contribution in [1.29, 1.82) is 0 Å². The third kappa shape index (κ3) is 2.63. The van der Waals surface area contributed by atoms with Gasteiger partial charge in [0.1, 0.15) is 5.54 Å². The van der Waals surface area contributed by atoms with E-state index in [1.807, 2.05) is 0 Å². The van der Waals surface area contributed by atoms with Crippen LogP contribution in [0.4, 0.5) is 11.4 Å². The first-order chi connectivity index (χ1) is 9.78. The van der Waals surface area contributed by atoms with Crippen LogP contribution in [0.3, 0.4) is 0 Å². The number of amides is 1. The summed E-state index contributed by atoms with van der Waals surface area (Å²) in [6, 6.07) is 3.07. The number of rotatable bonds is 2. The van der Waals surface area contributed by atoms with Crippen LogP contribution in [0.15, 0.2) is 12.1 Å². The molecule has 0 atom stereocenters. The molecule has 3 N–H and O–H groups in total. The standard InChI is InChI=1S/C14H18ClN3O3/c1-14(2)13(20)17-4-5-18(14)11-9(12(19)21-3)6-8(16)7-10(11)15/h6-7H,4-5,16H2,1-3H3,(H,17,20). The van der Waals surface area contributed by atoms with Gasteiger partial charge in [-0.05, 0) is 26.0 Å². The second kappa shape index (κ2) is 5.44. The van der Waals surface area contributed by atoms with E-state index in [2.05, 4.69) is 5.32 Å². The maximum atomic E-state index is 12.1.